The van der Waals surface area contributed by atoms with Gasteiger partial charge in [0.1, 0.15) is 18.1 Å². The first-order chi connectivity index (χ1) is 27.7. The van der Waals surface area contributed by atoms with Gasteiger partial charge < -0.3 is 24.1 Å². The van der Waals surface area contributed by atoms with Gasteiger partial charge in [0.25, 0.3) is 0 Å². The second-order valence-corrected chi connectivity index (χ2v) is 15.6. The molecule has 3 unspecified atom stereocenters. The summed E-state index contributed by atoms with van der Waals surface area (Å²) in [5, 5.41) is 2.82. The zero-order valence-electron chi connectivity index (χ0n) is 31.7. The molecule has 3 atom stereocenters. The van der Waals surface area contributed by atoms with Gasteiger partial charge in [-0.3, -0.25) is 4.57 Å². The van der Waals surface area contributed by atoms with Gasteiger partial charge in [-0.05, 0) is 91.1 Å². The molecule has 58 heavy (non-hydrogen) atoms. The number of nitrogens with one attached hydrogen (secondary N) is 1. The molecular formula is C44H44F6NO6P. The first-order valence-electron chi connectivity index (χ1n) is 18.6. The maximum Gasteiger partial charge on any atom is 0.573 e. The van der Waals surface area contributed by atoms with E-state index in [-0.39, 0.29) is 45.5 Å². The van der Waals surface area contributed by atoms with Crippen LogP contribution in [-0.4, -0.2) is 31.2 Å². The number of rotatable bonds is 19. The van der Waals surface area contributed by atoms with Crippen LogP contribution in [0, 0.1) is 0 Å². The van der Waals surface area contributed by atoms with E-state index in [1.807, 2.05) is 66.7 Å². The van der Waals surface area contributed by atoms with Crippen molar-refractivity contribution in [1.82, 2.24) is 5.32 Å². The molecule has 0 saturated heterocycles. The molecule has 0 aromatic heterocycles. The molecule has 1 N–H and O–H groups in total. The molecule has 7 nitrogen and oxygen atoms in total. The topological polar surface area (TPSA) is 83.1 Å². The monoisotopic (exact) mass is 827 g/mol. The Balaban J connectivity index is 1.27. The summed E-state index contributed by atoms with van der Waals surface area (Å²) in [6.45, 7) is 1.28. The molecule has 5 aromatic rings. The highest BCUT2D eigenvalue weighted by molar-refractivity contribution is 7.39. The molecule has 308 valence electrons. The molecule has 5 aromatic carbocycles. The number of hydrogen-bond acceptors (Lipinski definition) is 6. The third kappa shape index (κ3) is 14.3. The van der Waals surface area contributed by atoms with E-state index in [0.717, 1.165) is 28.8 Å². The van der Waals surface area contributed by atoms with E-state index in [0.29, 0.717) is 17.5 Å². The SMILES string of the molecule is CC(CCc1ccc(OCCCc2cccc(OC(F)(F)F)c2)c(C(F)(F)F)c1)(CO[PH](=O)C(Cc1ccccc1)c1ccccc1)NC(=O)OCc1ccccc1. The summed E-state index contributed by atoms with van der Waals surface area (Å²) >= 11 is 0. The lowest BCUT2D eigenvalue weighted by Gasteiger charge is -2.31. The second-order valence-electron chi connectivity index (χ2n) is 14.0. The van der Waals surface area contributed by atoms with Crippen LogP contribution in [0.2, 0.25) is 0 Å². The van der Waals surface area contributed by atoms with Crippen molar-refractivity contribution >= 4 is 14.1 Å². The highest BCUT2D eigenvalue weighted by Crippen LogP contribution is 2.45. The van der Waals surface area contributed by atoms with Crippen LogP contribution in [0.15, 0.2) is 133 Å². The lowest BCUT2D eigenvalue weighted by atomic mass is 9.93. The van der Waals surface area contributed by atoms with Crippen molar-refractivity contribution < 1.29 is 54.4 Å². The zero-order chi connectivity index (χ0) is 41.6. The van der Waals surface area contributed by atoms with Gasteiger partial charge in [0.2, 0.25) is 0 Å². The number of halogens is 6. The fourth-order valence-electron chi connectivity index (χ4n) is 6.24. The predicted molar refractivity (Wildman–Crippen MR) is 209 cm³/mol. The van der Waals surface area contributed by atoms with E-state index in [2.05, 4.69) is 10.1 Å². The molecule has 0 aliphatic rings. The Morgan fingerprint density at radius 2 is 1.34 bits per heavy atom. The van der Waals surface area contributed by atoms with Crippen molar-refractivity contribution in [3.8, 4) is 11.5 Å². The van der Waals surface area contributed by atoms with Crippen molar-refractivity contribution in [2.24, 2.45) is 0 Å². The number of benzene rings is 5. The van der Waals surface area contributed by atoms with Crippen molar-refractivity contribution in [2.45, 2.75) is 69.4 Å². The Labute approximate surface area is 334 Å². The molecule has 0 fully saturated rings. The quantitative estimate of drug-likeness (QED) is 0.0507. The minimum Gasteiger partial charge on any atom is -0.493 e. The Bertz CT molecular complexity index is 2070. The van der Waals surface area contributed by atoms with E-state index >= 15 is 0 Å². The highest BCUT2D eigenvalue weighted by atomic mass is 31.1. The van der Waals surface area contributed by atoms with Crippen LogP contribution in [0.25, 0.3) is 0 Å². The number of hydrogen-bond donors (Lipinski definition) is 1. The summed E-state index contributed by atoms with van der Waals surface area (Å²) in [6, 6.07) is 36.9. The molecule has 0 bridgehead atoms. The number of ether oxygens (including phenoxy) is 3. The van der Waals surface area contributed by atoms with Crippen LogP contribution in [-0.2, 0) is 45.9 Å². The zero-order valence-corrected chi connectivity index (χ0v) is 32.7. The van der Waals surface area contributed by atoms with E-state index in [1.165, 1.54) is 24.3 Å². The molecule has 1 amide bonds. The van der Waals surface area contributed by atoms with E-state index in [9.17, 15) is 35.7 Å². The largest absolute Gasteiger partial charge is 0.573 e. The summed E-state index contributed by atoms with van der Waals surface area (Å²) in [7, 11) is -2.81. The maximum absolute atomic E-state index is 14.3. The number of amides is 1. The van der Waals surface area contributed by atoms with Crippen LogP contribution in [0.1, 0.15) is 58.8 Å². The predicted octanol–water partition coefficient (Wildman–Crippen LogP) is 11.7. The lowest BCUT2D eigenvalue weighted by molar-refractivity contribution is -0.274. The van der Waals surface area contributed by atoms with Gasteiger partial charge in [-0.2, -0.15) is 13.2 Å². The maximum atomic E-state index is 14.3. The highest BCUT2D eigenvalue weighted by Gasteiger charge is 2.36. The van der Waals surface area contributed by atoms with E-state index in [4.69, 9.17) is 14.0 Å². The molecule has 0 radical (unpaired) electrons. The van der Waals surface area contributed by atoms with Gasteiger partial charge in [0, 0.05) is 0 Å². The standard InChI is InChI=1S/C44H44F6NO6P/c1-42(51-41(52)55-30-35-15-7-3-8-16-35,31-56-58(53)40(36-19-9-4-10-20-36)29-33-13-5-2-6-14-33)25-24-34-22-23-39(38(28-34)43(45,46)47)54-26-12-18-32-17-11-21-37(27-32)57-44(48,49)50/h2-11,13-17,19-23,27-28,40,58H,12,18,24-26,29-31H2,1H3,(H,51,52). The van der Waals surface area contributed by atoms with Crippen LogP contribution < -0.4 is 14.8 Å². The number of alkyl halides is 6. The van der Waals surface area contributed by atoms with Crippen LogP contribution in [0.4, 0.5) is 31.1 Å². The van der Waals surface area contributed by atoms with Gasteiger partial charge in [0.05, 0.1) is 30.0 Å². The Hall–Kier alpha value is -5.26. The summed E-state index contributed by atoms with van der Waals surface area (Å²) in [5.41, 5.74) is 0.607. The van der Waals surface area contributed by atoms with Crippen molar-refractivity contribution in [3.05, 3.63) is 167 Å². The molecule has 0 saturated carbocycles. The number of alkyl carbamates (subject to hydrolysis) is 1. The molecule has 0 aliphatic heterocycles. The third-order valence-corrected chi connectivity index (χ3v) is 10.8. The first-order valence-corrected chi connectivity index (χ1v) is 20.0. The fraction of sp³-hybridized carbons (Fsp3) is 0.295. The minimum atomic E-state index is -4.85. The Morgan fingerprint density at radius 3 is 2.00 bits per heavy atom. The summed E-state index contributed by atoms with van der Waals surface area (Å²) in [4.78, 5) is 13.1. The Morgan fingerprint density at radius 1 is 0.724 bits per heavy atom. The van der Waals surface area contributed by atoms with Crippen LogP contribution in [0.5, 0.6) is 11.5 Å². The van der Waals surface area contributed by atoms with Gasteiger partial charge in [-0.15, -0.1) is 13.2 Å². The lowest BCUT2D eigenvalue weighted by Crippen LogP contribution is -2.49. The molecule has 0 aliphatic carbocycles. The molecule has 0 spiro atoms. The smallest absolute Gasteiger partial charge is 0.493 e. The van der Waals surface area contributed by atoms with Gasteiger partial charge in [-0.1, -0.05) is 109 Å². The molecule has 0 heterocycles. The van der Waals surface area contributed by atoms with Crippen molar-refractivity contribution in [2.75, 3.05) is 13.2 Å². The van der Waals surface area contributed by atoms with Crippen LogP contribution >= 0.6 is 8.03 Å². The number of carbonyl (C=O) groups is 1. The molecule has 14 heteroatoms. The van der Waals surface area contributed by atoms with Crippen molar-refractivity contribution in [3.63, 3.8) is 0 Å². The number of carbonyl (C=O) groups excluding carboxylic acids is 1. The first kappa shape index (κ1) is 43.9. The third-order valence-electron chi connectivity index (χ3n) is 9.23. The average molecular weight is 828 g/mol. The minimum absolute atomic E-state index is 0.0252. The summed E-state index contributed by atoms with van der Waals surface area (Å²) < 4.78 is 116. The van der Waals surface area contributed by atoms with Gasteiger partial charge >= 0.3 is 18.6 Å². The molecular weight excluding hydrogens is 783 g/mol. The second kappa shape index (κ2) is 20.4. The van der Waals surface area contributed by atoms with Gasteiger partial charge in [-0.25, -0.2) is 4.79 Å². The van der Waals surface area contributed by atoms with E-state index in [1.54, 1.807) is 37.3 Å². The van der Waals surface area contributed by atoms with Crippen LogP contribution in [0.3, 0.4) is 0 Å². The average Bonchev–Trinajstić information content (AvgIpc) is 3.19. The number of aryl methyl sites for hydroxylation is 2. The summed E-state index contributed by atoms with van der Waals surface area (Å²) in [6.07, 6.45) is -9.36. The van der Waals surface area contributed by atoms with Gasteiger partial charge in [0.15, 0.2) is 8.03 Å². The summed E-state index contributed by atoms with van der Waals surface area (Å²) in [5.74, 6) is -0.792. The normalized spacial score (nSPS) is 13.8. The fourth-order valence-corrected chi connectivity index (χ4v) is 7.77. The Kier molecular flexibility index (Phi) is 15.5. The van der Waals surface area contributed by atoms with E-state index < -0.39 is 54.9 Å². The molecule has 5 rings (SSSR count). The van der Waals surface area contributed by atoms with Crippen molar-refractivity contribution in [1.29, 1.82) is 0 Å².